The minimum Gasteiger partial charge on any atom is -0.377 e. The van der Waals surface area contributed by atoms with E-state index >= 15 is 0 Å². The third kappa shape index (κ3) is 2.88. The summed E-state index contributed by atoms with van der Waals surface area (Å²) in [6.07, 6.45) is 2.92. The molecule has 5 heteroatoms. The maximum atomic E-state index is 12.7. The standard InChI is InChI=1S/C18H26N2O2.ClH/c1-17(2)15-14(9-6-12-22-15)18(17,19)16(21)20-11-10-13-7-4-3-5-8-13;/h3-5,7-8,14-15H,6,9-12,19H2,1-2H3,(H,20,21);1H. The molecule has 1 aliphatic heterocycles. The number of halogens is 1. The van der Waals surface area contributed by atoms with Crippen molar-refractivity contribution in [3.63, 3.8) is 0 Å². The van der Waals surface area contributed by atoms with E-state index in [1.165, 1.54) is 5.56 Å². The van der Waals surface area contributed by atoms with Crippen LogP contribution >= 0.6 is 12.4 Å². The van der Waals surface area contributed by atoms with Gasteiger partial charge in [0.25, 0.3) is 0 Å². The lowest BCUT2D eigenvalue weighted by Gasteiger charge is -2.65. The van der Waals surface area contributed by atoms with Gasteiger partial charge in [0.15, 0.2) is 0 Å². The number of amides is 1. The van der Waals surface area contributed by atoms with E-state index in [4.69, 9.17) is 10.5 Å². The summed E-state index contributed by atoms with van der Waals surface area (Å²) < 4.78 is 5.85. The first kappa shape index (κ1) is 18.2. The van der Waals surface area contributed by atoms with Gasteiger partial charge in [-0.3, -0.25) is 4.79 Å². The van der Waals surface area contributed by atoms with Crippen LogP contribution in [0.2, 0.25) is 0 Å². The van der Waals surface area contributed by atoms with Gasteiger partial charge >= 0.3 is 0 Å². The van der Waals surface area contributed by atoms with Crippen molar-refractivity contribution in [3.8, 4) is 0 Å². The number of hydrogen-bond acceptors (Lipinski definition) is 3. The number of rotatable bonds is 4. The van der Waals surface area contributed by atoms with Gasteiger partial charge in [-0.2, -0.15) is 0 Å². The van der Waals surface area contributed by atoms with E-state index in [2.05, 4.69) is 31.3 Å². The molecule has 1 aromatic rings. The predicted octanol–water partition coefficient (Wildman–Crippen LogP) is 2.30. The predicted molar refractivity (Wildman–Crippen MR) is 93.6 cm³/mol. The molecular weight excluding hydrogens is 312 g/mol. The Morgan fingerprint density at radius 3 is 2.74 bits per heavy atom. The molecule has 0 aromatic heterocycles. The molecule has 1 heterocycles. The van der Waals surface area contributed by atoms with Crippen molar-refractivity contribution in [2.45, 2.75) is 44.8 Å². The average molecular weight is 339 g/mol. The molecule has 3 unspecified atom stereocenters. The highest BCUT2D eigenvalue weighted by atomic mass is 35.5. The molecule has 1 aromatic carbocycles. The molecular formula is C18H27ClN2O2. The van der Waals surface area contributed by atoms with Crippen LogP contribution in [0.4, 0.5) is 0 Å². The molecule has 2 aliphatic rings. The summed E-state index contributed by atoms with van der Waals surface area (Å²) in [5.74, 6) is 0.119. The Labute approximate surface area is 144 Å². The summed E-state index contributed by atoms with van der Waals surface area (Å²) in [4.78, 5) is 12.7. The van der Waals surface area contributed by atoms with Crippen LogP contribution < -0.4 is 11.1 Å². The second kappa shape index (κ2) is 6.80. The summed E-state index contributed by atoms with van der Waals surface area (Å²) in [7, 11) is 0. The summed E-state index contributed by atoms with van der Waals surface area (Å²) >= 11 is 0. The van der Waals surface area contributed by atoms with Gasteiger partial charge in [0.05, 0.1) is 6.10 Å². The Hall–Kier alpha value is -1.10. The van der Waals surface area contributed by atoms with Crippen LogP contribution in [0.25, 0.3) is 0 Å². The highest BCUT2D eigenvalue weighted by molar-refractivity contribution is 5.89. The minimum absolute atomic E-state index is 0. The largest absolute Gasteiger partial charge is 0.377 e. The van der Waals surface area contributed by atoms with Gasteiger partial charge in [0.2, 0.25) is 5.91 Å². The molecule has 1 amide bonds. The molecule has 0 spiro atoms. The smallest absolute Gasteiger partial charge is 0.241 e. The Kier molecular flexibility index (Phi) is 5.39. The molecule has 0 bridgehead atoms. The second-order valence-corrected chi connectivity index (χ2v) is 7.12. The molecule has 1 saturated heterocycles. The van der Waals surface area contributed by atoms with Gasteiger partial charge in [-0.05, 0) is 24.8 Å². The quantitative estimate of drug-likeness (QED) is 0.885. The van der Waals surface area contributed by atoms with Crippen LogP contribution in [-0.4, -0.2) is 30.7 Å². The van der Waals surface area contributed by atoms with Crippen LogP contribution in [0.1, 0.15) is 32.3 Å². The number of nitrogens with one attached hydrogen (secondary N) is 1. The first-order valence-corrected chi connectivity index (χ1v) is 8.20. The first-order chi connectivity index (χ1) is 10.5. The van der Waals surface area contributed by atoms with Crippen LogP contribution in [-0.2, 0) is 16.0 Å². The summed E-state index contributed by atoms with van der Waals surface area (Å²) in [6, 6.07) is 10.2. The van der Waals surface area contributed by atoms with Crippen molar-refractivity contribution in [2.75, 3.05) is 13.2 Å². The normalized spacial score (nSPS) is 31.3. The van der Waals surface area contributed by atoms with Crippen LogP contribution in [0.15, 0.2) is 30.3 Å². The van der Waals surface area contributed by atoms with Crippen molar-refractivity contribution in [2.24, 2.45) is 17.1 Å². The van der Waals surface area contributed by atoms with Gasteiger partial charge in [-0.1, -0.05) is 44.2 Å². The molecule has 3 rings (SSSR count). The van der Waals surface area contributed by atoms with Gasteiger partial charge in [0.1, 0.15) is 5.54 Å². The van der Waals surface area contributed by atoms with Crippen LogP contribution in [0, 0.1) is 11.3 Å². The summed E-state index contributed by atoms with van der Waals surface area (Å²) in [5, 5.41) is 3.04. The maximum Gasteiger partial charge on any atom is 0.241 e. The third-order valence-electron chi connectivity index (χ3n) is 5.60. The van der Waals surface area contributed by atoms with Gasteiger partial charge in [-0.15, -0.1) is 12.4 Å². The molecule has 0 radical (unpaired) electrons. The SMILES string of the molecule is CC1(C)C2OCCCC2C1(N)C(=O)NCCc1ccccc1.Cl. The van der Waals surface area contributed by atoms with E-state index in [0.29, 0.717) is 6.54 Å². The van der Waals surface area contributed by atoms with Crippen molar-refractivity contribution in [1.29, 1.82) is 0 Å². The Morgan fingerprint density at radius 2 is 2.04 bits per heavy atom. The highest BCUT2D eigenvalue weighted by Crippen LogP contribution is 2.57. The molecule has 23 heavy (non-hydrogen) atoms. The van der Waals surface area contributed by atoms with E-state index in [9.17, 15) is 4.79 Å². The van der Waals surface area contributed by atoms with Crippen molar-refractivity contribution < 1.29 is 9.53 Å². The van der Waals surface area contributed by atoms with E-state index in [1.54, 1.807) is 0 Å². The number of hydrogen-bond donors (Lipinski definition) is 2. The van der Waals surface area contributed by atoms with Crippen molar-refractivity contribution in [1.82, 2.24) is 5.32 Å². The van der Waals surface area contributed by atoms with E-state index < -0.39 is 5.54 Å². The average Bonchev–Trinajstić information content (AvgIpc) is 2.55. The third-order valence-corrected chi connectivity index (χ3v) is 5.60. The van der Waals surface area contributed by atoms with Crippen LogP contribution in [0.5, 0.6) is 0 Å². The number of ether oxygens (including phenoxy) is 1. The molecule has 1 saturated carbocycles. The summed E-state index contributed by atoms with van der Waals surface area (Å²) in [5.41, 5.74) is 6.67. The molecule has 3 atom stereocenters. The fourth-order valence-electron chi connectivity index (χ4n) is 4.15. The monoisotopic (exact) mass is 338 g/mol. The number of carbonyl (C=O) groups excluding carboxylic acids is 1. The zero-order valence-corrected chi connectivity index (χ0v) is 14.7. The lowest BCUT2D eigenvalue weighted by molar-refractivity contribution is -0.225. The number of benzene rings is 1. The Bertz CT molecular complexity index is 549. The fraction of sp³-hybridized carbons (Fsp3) is 0.611. The van der Waals surface area contributed by atoms with Gasteiger partial charge in [-0.25, -0.2) is 0 Å². The number of nitrogens with two attached hydrogens (primary N) is 1. The molecule has 4 nitrogen and oxygen atoms in total. The van der Waals surface area contributed by atoms with E-state index in [0.717, 1.165) is 25.9 Å². The van der Waals surface area contributed by atoms with Gasteiger partial charge in [0, 0.05) is 24.5 Å². The van der Waals surface area contributed by atoms with Crippen molar-refractivity contribution in [3.05, 3.63) is 35.9 Å². The fourth-order valence-corrected chi connectivity index (χ4v) is 4.15. The zero-order chi connectivity index (χ0) is 15.8. The Balaban J connectivity index is 0.00000192. The molecule has 1 aliphatic carbocycles. The lowest BCUT2D eigenvalue weighted by atomic mass is 9.46. The van der Waals surface area contributed by atoms with E-state index in [-0.39, 0.29) is 35.8 Å². The number of carbonyl (C=O) groups is 1. The first-order valence-electron chi connectivity index (χ1n) is 8.20. The van der Waals surface area contributed by atoms with E-state index in [1.807, 2.05) is 18.2 Å². The topological polar surface area (TPSA) is 64.3 Å². The lowest BCUT2D eigenvalue weighted by Crippen LogP contribution is -2.82. The molecule has 128 valence electrons. The Morgan fingerprint density at radius 1 is 1.35 bits per heavy atom. The molecule has 2 fully saturated rings. The van der Waals surface area contributed by atoms with Crippen molar-refractivity contribution >= 4 is 18.3 Å². The second-order valence-electron chi connectivity index (χ2n) is 7.12. The maximum absolute atomic E-state index is 12.7. The van der Waals surface area contributed by atoms with Crippen LogP contribution in [0.3, 0.4) is 0 Å². The number of fused-ring (bicyclic) bond motifs is 1. The summed E-state index contributed by atoms with van der Waals surface area (Å²) in [6.45, 7) is 5.51. The minimum atomic E-state index is -0.811. The highest BCUT2D eigenvalue weighted by Gasteiger charge is 2.70. The molecule has 3 N–H and O–H groups in total. The van der Waals surface area contributed by atoms with Gasteiger partial charge < -0.3 is 15.8 Å². The zero-order valence-electron chi connectivity index (χ0n) is 13.9.